The van der Waals surface area contributed by atoms with Crippen molar-refractivity contribution in [1.82, 2.24) is 9.88 Å². The molecule has 1 aliphatic heterocycles. The molecule has 2 heterocycles. The van der Waals surface area contributed by atoms with Gasteiger partial charge in [-0.05, 0) is 50.2 Å². The van der Waals surface area contributed by atoms with Gasteiger partial charge < -0.3 is 20.4 Å². The summed E-state index contributed by atoms with van der Waals surface area (Å²) >= 11 is 0. The Kier molecular flexibility index (Phi) is 8.38. The third kappa shape index (κ3) is 6.13. The lowest BCUT2D eigenvalue weighted by Crippen LogP contribution is -2.33. The average molecular weight is 479 g/mol. The van der Waals surface area contributed by atoms with Crippen LogP contribution >= 0.6 is 0 Å². The predicted octanol–water partition coefficient (Wildman–Crippen LogP) is 3.67. The maximum atomic E-state index is 12.8. The van der Waals surface area contributed by atoms with Crippen LogP contribution in [-0.4, -0.2) is 64.1 Å². The quantitative estimate of drug-likeness (QED) is 0.459. The van der Waals surface area contributed by atoms with E-state index < -0.39 is 11.9 Å². The summed E-state index contributed by atoms with van der Waals surface area (Å²) in [6.45, 7) is 9.25. The number of rotatable bonds is 6. The second-order valence-corrected chi connectivity index (χ2v) is 8.17. The van der Waals surface area contributed by atoms with Crippen molar-refractivity contribution in [3.63, 3.8) is 0 Å². The predicted molar refractivity (Wildman–Crippen MR) is 135 cm³/mol. The molecule has 2 aromatic carbocycles. The summed E-state index contributed by atoms with van der Waals surface area (Å²) in [5, 5.41) is 19.0. The molecule has 9 heteroatoms. The molecule has 4 rings (SSSR count). The van der Waals surface area contributed by atoms with Crippen LogP contribution < -0.4 is 10.2 Å². The highest BCUT2D eigenvalue weighted by molar-refractivity contribution is 6.27. The van der Waals surface area contributed by atoms with Crippen molar-refractivity contribution in [2.45, 2.75) is 27.2 Å². The molecule has 9 nitrogen and oxygen atoms in total. The van der Waals surface area contributed by atoms with Gasteiger partial charge in [0, 0.05) is 23.2 Å². The Labute approximate surface area is 204 Å². The number of likely N-dealkylation sites (N-methyl/N-ethyl adjacent to an activating group) is 1. The number of nitrogens with zero attached hydrogens (tertiary/aromatic N) is 3. The van der Waals surface area contributed by atoms with E-state index in [-0.39, 0.29) is 5.91 Å². The van der Waals surface area contributed by atoms with Gasteiger partial charge >= 0.3 is 11.9 Å². The zero-order chi connectivity index (χ0) is 25.5. The summed E-state index contributed by atoms with van der Waals surface area (Å²) in [7, 11) is 0. The number of aromatic nitrogens is 1. The molecule has 3 aromatic rings. The van der Waals surface area contributed by atoms with Crippen molar-refractivity contribution >= 4 is 45.9 Å². The van der Waals surface area contributed by atoms with E-state index in [1.54, 1.807) is 0 Å². The van der Waals surface area contributed by atoms with Crippen molar-refractivity contribution < 1.29 is 24.6 Å². The van der Waals surface area contributed by atoms with Crippen molar-refractivity contribution in [2.75, 3.05) is 36.4 Å². The number of anilines is 3. The molecule has 0 bridgehead atoms. The Morgan fingerprint density at radius 3 is 2.34 bits per heavy atom. The second-order valence-electron chi connectivity index (χ2n) is 8.17. The second kappa shape index (κ2) is 11.4. The molecule has 0 saturated carbocycles. The Balaban J connectivity index is 0.000000509. The summed E-state index contributed by atoms with van der Waals surface area (Å²) in [5.41, 5.74) is 5.32. The van der Waals surface area contributed by atoms with E-state index in [1.165, 1.54) is 5.56 Å². The van der Waals surface area contributed by atoms with Crippen LogP contribution in [0.4, 0.5) is 17.2 Å². The summed E-state index contributed by atoms with van der Waals surface area (Å²) in [4.78, 5) is 40.3. The molecule has 0 unspecified atom stereocenters. The zero-order valence-corrected chi connectivity index (χ0v) is 20.1. The number of carboxylic acid groups (broad SMARTS) is 2. The average Bonchev–Trinajstić information content (AvgIpc) is 3.26. The van der Waals surface area contributed by atoms with Crippen molar-refractivity contribution in [2.24, 2.45) is 0 Å². The number of aryl methyl sites for hydroxylation is 1. The highest BCUT2D eigenvalue weighted by atomic mass is 16.4. The zero-order valence-electron chi connectivity index (χ0n) is 20.1. The third-order valence-corrected chi connectivity index (χ3v) is 5.83. The van der Waals surface area contributed by atoms with Crippen LogP contribution in [0.5, 0.6) is 0 Å². The molecule has 184 valence electrons. The molecule has 1 aliphatic rings. The molecular formula is C26H30N4O5. The lowest BCUT2D eigenvalue weighted by Gasteiger charge is -2.21. The first-order valence-corrected chi connectivity index (χ1v) is 11.5. The van der Waals surface area contributed by atoms with Crippen LogP contribution in [0, 0.1) is 6.92 Å². The van der Waals surface area contributed by atoms with E-state index in [0.717, 1.165) is 59.7 Å². The standard InChI is InChI=1S/C24H28N4O.C2H2O4/c1-4-27(5-2)16-22(29)26-23-19-11-6-7-12-21(19)25-24-20(23)13-14-28(24)18-10-8-9-17(3)15-18;3-1(4)2(5)6/h6-12,15H,4-5,13-14,16H2,1-3H3,(H,25,26,29);(H,3,4)(H,5,6). The third-order valence-electron chi connectivity index (χ3n) is 5.83. The van der Waals surface area contributed by atoms with Gasteiger partial charge in [0.05, 0.1) is 17.7 Å². The fourth-order valence-corrected chi connectivity index (χ4v) is 4.05. The number of carbonyl (C=O) groups is 3. The maximum absolute atomic E-state index is 12.8. The first-order chi connectivity index (χ1) is 16.7. The van der Waals surface area contributed by atoms with Gasteiger partial charge in [-0.2, -0.15) is 0 Å². The molecule has 0 spiro atoms. The Morgan fingerprint density at radius 2 is 1.71 bits per heavy atom. The number of hydrogen-bond acceptors (Lipinski definition) is 6. The van der Waals surface area contributed by atoms with Crippen LogP contribution in [0.1, 0.15) is 25.0 Å². The van der Waals surface area contributed by atoms with Gasteiger partial charge in [-0.25, -0.2) is 14.6 Å². The Bertz CT molecular complexity index is 1230. The fourth-order valence-electron chi connectivity index (χ4n) is 4.05. The number of nitrogens with one attached hydrogen (secondary N) is 1. The number of para-hydroxylation sites is 1. The number of carbonyl (C=O) groups excluding carboxylic acids is 1. The van der Waals surface area contributed by atoms with Gasteiger partial charge in [-0.15, -0.1) is 0 Å². The van der Waals surface area contributed by atoms with Gasteiger partial charge in [-0.1, -0.05) is 44.2 Å². The van der Waals surface area contributed by atoms with E-state index in [9.17, 15) is 4.79 Å². The van der Waals surface area contributed by atoms with Crippen molar-refractivity contribution in [1.29, 1.82) is 0 Å². The SMILES string of the molecule is CCN(CC)CC(=O)Nc1c2c(nc3ccccc13)N(c1cccc(C)c1)CC2.O=C(O)C(=O)O. The normalized spacial score (nSPS) is 12.2. The maximum Gasteiger partial charge on any atom is 0.414 e. The van der Waals surface area contributed by atoms with E-state index in [0.29, 0.717) is 6.54 Å². The van der Waals surface area contributed by atoms with Gasteiger partial charge in [-0.3, -0.25) is 9.69 Å². The van der Waals surface area contributed by atoms with Gasteiger partial charge in [0.1, 0.15) is 5.82 Å². The molecule has 0 atom stereocenters. The molecule has 1 amide bonds. The fraction of sp³-hybridized carbons (Fsp3) is 0.308. The molecular weight excluding hydrogens is 448 g/mol. The lowest BCUT2D eigenvalue weighted by atomic mass is 10.1. The van der Waals surface area contributed by atoms with Crippen LogP contribution in [0.25, 0.3) is 10.9 Å². The first-order valence-electron chi connectivity index (χ1n) is 11.5. The lowest BCUT2D eigenvalue weighted by molar-refractivity contribution is -0.159. The van der Waals surface area contributed by atoms with Gasteiger partial charge in [0.15, 0.2) is 0 Å². The van der Waals surface area contributed by atoms with E-state index in [1.807, 2.05) is 24.3 Å². The highest BCUT2D eigenvalue weighted by Crippen LogP contribution is 2.40. The number of benzene rings is 2. The molecule has 0 fully saturated rings. The monoisotopic (exact) mass is 478 g/mol. The van der Waals surface area contributed by atoms with Gasteiger partial charge in [0.2, 0.25) is 5.91 Å². The van der Waals surface area contributed by atoms with E-state index in [4.69, 9.17) is 24.8 Å². The van der Waals surface area contributed by atoms with Crippen molar-refractivity contribution in [3.8, 4) is 0 Å². The largest absolute Gasteiger partial charge is 0.473 e. The highest BCUT2D eigenvalue weighted by Gasteiger charge is 2.27. The summed E-state index contributed by atoms with van der Waals surface area (Å²) in [6.07, 6.45) is 0.863. The molecule has 3 N–H and O–H groups in total. The van der Waals surface area contributed by atoms with Crippen LogP contribution in [-0.2, 0) is 20.8 Å². The van der Waals surface area contributed by atoms with Crippen LogP contribution in [0.15, 0.2) is 48.5 Å². The molecule has 0 saturated heterocycles. The smallest absolute Gasteiger partial charge is 0.414 e. The van der Waals surface area contributed by atoms with E-state index >= 15 is 0 Å². The van der Waals surface area contributed by atoms with E-state index in [2.05, 4.69) is 60.2 Å². The number of fused-ring (bicyclic) bond motifs is 2. The summed E-state index contributed by atoms with van der Waals surface area (Å²) < 4.78 is 0. The number of hydrogen-bond donors (Lipinski definition) is 3. The van der Waals surface area contributed by atoms with Crippen molar-refractivity contribution in [3.05, 3.63) is 59.7 Å². The number of aliphatic carboxylic acids is 2. The summed E-state index contributed by atoms with van der Waals surface area (Å²) in [6, 6.07) is 16.6. The minimum Gasteiger partial charge on any atom is -0.473 e. The molecule has 0 aliphatic carbocycles. The topological polar surface area (TPSA) is 123 Å². The van der Waals surface area contributed by atoms with Gasteiger partial charge in [0.25, 0.3) is 0 Å². The number of amides is 1. The molecule has 0 radical (unpaired) electrons. The Morgan fingerprint density at radius 1 is 1.03 bits per heavy atom. The number of pyridine rings is 1. The molecule has 1 aromatic heterocycles. The first kappa shape index (κ1) is 25.6. The van der Waals surface area contributed by atoms with Crippen LogP contribution in [0.2, 0.25) is 0 Å². The summed E-state index contributed by atoms with van der Waals surface area (Å²) in [5.74, 6) is -2.67. The van der Waals surface area contributed by atoms with Crippen LogP contribution in [0.3, 0.4) is 0 Å². The molecule has 35 heavy (non-hydrogen) atoms. The minimum absolute atomic E-state index is 0.0289. The minimum atomic E-state index is -1.82. The number of carboxylic acids is 2. The Hall–Kier alpha value is -3.98.